The Balaban J connectivity index is 2.18. The first kappa shape index (κ1) is 16.2. The highest BCUT2D eigenvalue weighted by molar-refractivity contribution is 5.74. The molecular weight excluding hydrogens is 256 g/mol. The zero-order chi connectivity index (χ0) is 15.2. The second kappa shape index (κ2) is 7.72. The molecule has 2 nitrogen and oxygen atoms in total. The van der Waals surface area contributed by atoms with Gasteiger partial charge in [-0.1, -0.05) is 39.8 Å². The number of hydrogen-bond donors (Lipinski definition) is 1. The number of anilines is 2. The molecule has 0 radical (unpaired) electrons. The molecule has 1 heterocycles. The lowest BCUT2D eigenvalue weighted by atomic mass is 10.0. The summed E-state index contributed by atoms with van der Waals surface area (Å²) in [5, 5.41) is 3.65. The van der Waals surface area contributed by atoms with Gasteiger partial charge in [-0.2, -0.15) is 0 Å². The van der Waals surface area contributed by atoms with Crippen molar-refractivity contribution >= 4 is 11.4 Å². The van der Waals surface area contributed by atoms with Crippen molar-refractivity contribution in [2.75, 3.05) is 29.9 Å². The van der Waals surface area contributed by atoms with Crippen molar-refractivity contribution in [3.8, 4) is 0 Å². The molecule has 2 heteroatoms. The van der Waals surface area contributed by atoms with Crippen LogP contribution < -0.4 is 10.2 Å². The number of fused-ring (bicyclic) bond motifs is 1. The number of benzene rings is 1. The average molecular weight is 288 g/mol. The Morgan fingerprint density at radius 2 is 1.71 bits per heavy atom. The van der Waals surface area contributed by atoms with E-state index in [2.05, 4.69) is 56.1 Å². The fourth-order valence-electron chi connectivity index (χ4n) is 2.94. The van der Waals surface area contributed by atoms with E-state index in [0.29, 0.717) is 0 Å². The Morgan fingerprint density at radius 1 is 1.05 bits per heavy atom. The Morgan fingerprint density at radius 3 is 2.33 bits per heavy atom. The fourth-order valence-corrected chi connectivity index (χ4v) is 2.94. The molecule has 0 amide bonds. The lowest BCUT2D eigenvalue weighted by Crippen LogP contribution is -2.29. The van der Waals surface area contributed by atoms with Crippen LogP contribution in [0.5, 0.6) is 0 Å². The molecule has 1 aromatic rings. The van der Waals surface area contributed by atoms with E-state index in [9.17, 15) is 0 Å². The van der Waals surface area contributed by atoms with Crippen molar-refractivity contribution in [3.05, 3.63) is 23.8 Å². The van der Waals surface area contributed by atoms with Crippen LogP contribution in [0.15, 0.2) is 18.2 Å². The molecule has 21 heavy (non-hydrogen) atoms. The molecule has 0 fully saturated rings. The predicted molar refractivity (Wildman–Crippen MR) is 94.4 cm³/mol. The van der Waals surface area contributed by atoms with E-state index in [4.69, 9.17) is 0 Å². The van der Waals surface area contributed by atoms with E-state index < -0.39 is 0 Å². The Hall–Kier alpha value is -1.18. The Kier molecular flexibility index (Phi) is 5.96. The maximum absolute atomic E-state index is 3.65. The fraction of sp³-hybridized carbons (Fsp3) is 0.684. The third-order valence-electron chi connectivity index (χ3n) is 4.35. The van der Waals surface area contributed by atoms with E-state index in [1.807, 2.05) is 0 Å². The molecule has 0 bridgehead atoms. The number of rotatable bonds is 7. The lowest BCUT2D eigenvalue weighted by Gasteiger charge is -2.31. The van der Waals surface area contributed by atoms with Crippen molar-refractivity contribution in [2.45, 2.75) is 53.4 Å². The quantitative estimate of drug-likeness (QED) is 0.764. The molecule has 1 aromatic carbocycles. The topological polar surface area (TPSA) is 15.3 Å². The second-order valence-corrected chi connectivity index (χ2v) is 7.19. The number of nitrogens with one attached hydrogen (secondary N) is 1. The van der Waals surface area contributed by atoms with Crippen LogP contribution in [0.1, 0.15) is 52.5 Å². The van der Waals surface area contributed by atoms with Crippen LogP contribution in [0.3, 0.4) is 0 Å². The van der Waals surface area contributed by atoms with Gasteiger partial charge in [0.2, 0.25) is 0 Å². The summed E-state index contributed by atoms with van der Waals surface area (Å²) in [7, 11) is 0. The molecule has 118 valence electrons. The van der Waals surface area contributed by atoms with Crippen molar-refractivity contribution in [2.24, 2.45) is 11.8 Å². The molecule has 0 aliphatic carbocycles. The van der Waals surface area contributed by atoms with Crippen LogP contribution in [-0.4, -0.2) is 19.6 Å². The largest absolute Gasteiger partial charge is 0.383 e. The van der Waals surface area contributed by atoms with Crippen LogP contribution in [0.4, 0.5) is 11.4 Å². The lowest BCUT2D eigenvalue weighted by molar-refractivity contribution is 0.535. The summed E-state index contributed by atoms with van der Waals surface area (Å²) in [6.45, 7) is 12.7. The second-order valence-electron chi connectivity index (χ2n) is 7.19. The molecule has 2 rings (SSSR count). The minimum absolute atomic E-state index is 0.763. The van der Waals surface area contributed by atoms with E-state index in [0.717, 1.165) is 18.4 Å². The number of hydrogen-bond acceptors (Lipinski definition) is 2. The highest BCUT2D eigenvalue weighted by atomic mass is 15.1. The van der Waals surface area contributed by atoms with Gasteiger partial charge in [-0.15, -0.1) is 0 Å². The van der Waals surface area contributed by atoms with Gasteiger partial charge < -0.3 is 10.2 Å². The SMILES string of the molecule is CC(C)CCN(CCC(C)C)c1cccc2c1NCCC2. The van der Waals surface area contributed by atoms with Gasteiger partial charge in [0.15, 0.2) is 0 Å². The van der Waals surface area contributed by atoms with Gasteiger partial charge in [0.05, 0.1) is 11.4 Å². The number of aryl methyl sites for hydroxylation is 1. The molecule has 0 spiro atoms. The molecule has 0 saturated carbocycles. The van der Waals surface area contributed by atoms with Crippen molar-refractivity contribution < 1.29 is 0 Å². The Labute approximate surface area is 130 Å². The van der Waals surface area contributed by atoms with Gasteiger partial charge in [-0.25, -0.2) is 0 Å². The van der Waals surface area contributed by atoms with Gasteiger partial charge >= 0.3 is 0 Å². The van der Waals surface area contributed by atoms with Gasteiger partial charge in [0.1, 0.15) is 0 Å². The van der Waals surface area contributed by atoms with Gasteiger partial charge in [-0.3, -0.25) is 0 Å². The smallest absolute Gasteiger partial charge is 0.0610 e. The first-order valence-corrected chi connectivity index (χ1v) is 8.68. The molecule has 1 aliphatic heterocycles. The Bertz CT molecular complexity index is 425. The van der Waals surface area contributed by atoms with Crippen molar-refractivity contribution in [1.29, 1.82) is 0 Å². The maximum Gasteiger partial charge on any atom is 0.0610 e. The standard InChI is InChI=1S/C19H32N2/c1-15(2)10-13-21(14-11-16(3)4)18-9-5-7-17-8-6-12-20-19(17)18/h5,7,9,15-16,20H,6,8,10-14H2,1-4H3. The summed E-state index contributed by atoms with van der Waals surface area (Å²) >= 11 is 0. The zero-order valence-electron chi connectivity index (χ0n) is 14.3. The highest BCUT2D eigenvalue weighted by Crippen LogP contribution is 2.33. The normalized spacial score (nSPS) is 14.2. The minimum atomic E-state index is 0.763. The molecular formula is C19H32N2. The molecule has 1 aliphatic rings. The molecule has 0 aromatic heterocycles. The summed E-state index contributed by atoms with van der Waals surface area (Å²) in [6.07, 6.45) is 5.01. The van der Waals surface area contributed by atoms with Gasteiger partial charge in [-0.05, 0) is 49.1 Å². The molecule has 1 N–H and O–H groups in total. The summed E-state index contributed by atoms with van der Waals surface area (Å²) in [5.41, 5.74) is 4.32. The average Bonchev–Trinajstić information content (AvgIpc) is 2.46. The maximum atomic E-state index is 3.65. The van der Waals surface area contributed by atoms with Crippen LogP contribution in [0.2, 0.25) is 0 Å². The van der Waals surface area contributed by atoms with Gasteiger partial charge in [0.25, 0.3) is 0 Å². The van der Waals surface area contributed by atoms with Gasteiger partial charge in [0, 0.05) is 19.6 Å². The van der Waals surface area contributed by atoms with Crippen molar-refractivity contribution in [1.82, 2.24) is 0 Å². The third kappa shape index (κ3) is 4.66. The number of para-hydroxylation sites is 1. The monoisotopic (exact) mass is 288 g/mol. The van der Waals surface area contributed by atoms with Crippen LogP contribution in [-0.2, 0) is 6.42 Å². The van der Waals surface area contributed by atoms with Crippen LogP contribution in [0, 0.1) is 11.8 Å². The summed E-state index contributed by atoms with van der Waals surface area (Å²) in [4.78, 5) is 2.61. The van der Waals surface area contributed by atoms with Crippen molar-refractivity contribution in [3.63, 3.8) is 0 Å². The summed E-state index contributed by atoms with van der Waals surface area (Å²) in [6, 6.07) is 6.82. The minimum Gasteiger partial charge on any atom is -0.383 e. The zero-order valence-corrected chi connectivity index (χ0v) is 14.3. The predicted octanol–water partition coefficient (Wildman–Crippen LogP) is 4.94. The molecule has 0 atom stereocenters. The number of nitrogens with zero attached hydrogens (tertiary/aromatic N) is 1. The highest BCUT2D eigenvalue weighted by Gasteiger charge is 2.17. The van der Waals surface area contributed by atoms with E-state index in [-0.39, 0.29) is 0 Å². The van der Waals surface area contributed by atoms with E-state index in [1.165, 1.54) is 55.7 Å². The van der Waals surface area contributed by atoms with E-state index in [1.54, 1.807) is 0 Å². The van der Waals surface area contributed by atoms with Crippen LogP contribution >= 0.6 is 0 Å². The molecule has 0 saturated heterocycles. The first-order chi connectivity index (χ1) is 10.1. The van der Waals surface area contributed by atoms with Crippen LogP contribution in [0.25, 0.3) is 0 Å². The molecule has 0 unspecified atom stereocenters. The first-order valence-electron chi connectivity index (χ1n) is 8.68. The third-order valence-corrected chi connectivity index (χ3v) is 4.35. The van der Waals surface area contributed by atoms with E-state index >= 15 is 0 Å². The summed E-state index contributed by atoms with van der Waals surface area (Å²) < 4.78 is 0. The summed E-state index contributed by atoms with van der Waals surface area (Å²) in [5.74, 6) is 1.53.